The number of nitro groups is 1. The lowest BCUT2D eigenvalue weighted by molar-refractivity contribution is -0.386. The standard InChI is InChI=1S/C47H53ClFN7O8S/c1-31(2)22-41(33-4-6-35(48)7-5-33)32(3)27-53-18-20-55(21-19-53)36-8-10-40(44(24-36)64-38-23-34-12-15-50-45(34)51-26-38)46(57)52-65(60,61)39-9-11-43(42(25-39)56(58)59)63-30-47(49)13-16-54(17-14-47)37-28-62-29-37/h4-12,15,23-26,31,37H,13-14,16-22,27-30H2,1-3H3,(H,50,51)(H,52,57)/b41-32-. The van der Waals surface area contributed by atoms with Crippen molar-refractivity contribution in [3.8, 4) is 17.2 Å². The molecule has 3 saturated heterocycles. The molecule has 1 amide bonds. The first-order valence-corrected chi connectivity index (χ1v) is 23.7. The monoisotopic (exact) mass is 929 g/mol. The number of fused-ring (bicyclic) bond motifs is 1. The number of sulfonamides is 1. The number of aromatic amines is 1. The molecule has 0 aliphatic carbocycles. The van der Waals surface area contributed by atoms with E-state index in [4.69, 9.17) is 25.8 Å². The van der Waals surface area contributed by atoms with Crippen molar-refractivity contribution in [1.29, 1.82) is 0 Å². The Bertz CT molecular complexity index is 2680. The smallest absolute Gasteiger partial charge is 0.312 e. The van der Waals surface area contributed by atoms with E-state index in [9.17, 15) is 23.3 Å². The molecular formula is C47H53ClFN7O8S. The number of nitro benzene ring substituents is 1. The second-order valence-corrected chi connectivity index (χ2v) is 19.6. The molecule has 15 nitrogen and oxygen atoms in total. The number of nitrogens with one attached hydrogen (secondary N) is 2. The van der Waals surface area contributed by atoms with Crippen molar-refractivity contribution >= 4 is 55.5 Å². The van der Waals surface area contributed by atoms with Gasteiger partial charge in [0.1, 0.15) is 29.4 Å². The number of anilines is 1. The molecule has 3 aliphatic rings. The first-order valence-electron chi connectivity index (χ1n) is 21.8. The van der Waals surface area contributed by atoms with Gasteiger partial charge in [-0.25, -0.2) is 22.5 Å². The molecule has 18 heteroatoms. The molecule has 0 atom stereocenters. The minimum absolute atomic E-state index is 0.0797. The van der Waals surface area contributed by atoms with Gasteiger partial charge in [0, 0.05) is 80.2 Å². The van der Waals surface area contributed by atoms with Gasteiger partial charge in [-0.1, -0.05) is 43.2 Å². The largest absolute Gasteiger partial charge is 0.483 e. The molecule has 2 N–H and O–H groups in total. The van der Waals surface area contributed by atoms with Crippen LogP contribution in [0.25, 0.3) is 16.6 Å². The molecule has 5 heterocycles. The van der Waals surface area contributed by atoms with Crippen molar-refractivity contribution in [2.45, 2.75) is 56.6 Å². The van der Waals surface area contributed by atoms with E-state index in [2.05, 4.69) is 62.3 Å². The third-order valence-corrected chi connectivity index (χ3v) is 13.9. The molecule has 2 aromatic heterocycles. The summed E-state index contributed by atoms with van der Waals surface area (Å²) in [4.78, 5) is 38.9. The lowest BCUT2D eigenvalue weighted by atomic mass is 9.92. The Balaban J connectivity index is 0.976. The van der Waals surface area contributed by atoms with E-state index in [0.717, 1.165) is 55.3 Å². The fourth-order valence-electron chi connectivity index (χ4n) is 8.52. The van der Waals surface area contributed by atoms with E-state index >= 15 is 4.39 Å². The highest BCUT2D eigenvalue weighted by Gasteiger charge is 2.39. The molecule has 0 radical (unpaired) electrons. The van der Waals surface area contributed by atoms with Crippen LogP contribution >= 0.6 is 11.6 Å². The quantitative estimate of drug-likeness (QED) is 0.0718. The number of carbonyl (C=O) groups is 1. The summed E-state index contributed by atoms with van der Waals surface area (Å²) in [5.74, 6) is -0.430. The predicted molar refractivity (Wildman–Crippen MR) is 247 cm³/mol. The number of rotatable bonds is 16. The Kier molecular flexibility index (Phi) is 13.8. The van der Waals surface area contributed by atoms with Crippen LogP contribution in [0.15, 0.2) is 95.7 Å². The average Bonchev–Trinajstić information content (AvgIpc) is 3.73. The summed E-state index contributed by atoms with van der Waals surface area (Å²) >= 11 is 6.20. The maximum absolute atomic E-state index is 15.7. The summed E-state index contributed by atoms with van der Waals surface area (Å²) in [6.07, 6.45) is 4.54. The molecule has 0 saturated carbocycles. The highest BCUT2D eigenvalue weighted by molar-refractivity contribution is 7.90. The number of hydrogen-bond acceptors (Lipinski definition) is 12. The van der Waals surface area contributed by atoms with Gasteiger partial charge in [-0.15, -0.1) is 0 Å². The zero-order valence-electron chi connectivity index (χ0n) is 36.6. The lowest BCUT2D eigenvalue weighted by Gasteiger charge is -2.43. The fourth-order valence-corrected chi connectivity index (χ4v) is 9.63. The molecule has 344 valence electrons. The first-order chi connectivity index (χ1) is 31.1. The van der Waals surface area contributed by atoms with E-state index in [0.29, 0.717) is 61.7 Å². The normalized spacial score (nSPS) is 17.7. The summed E-state index contributed by atoms with van der Waals surface area (Å²) < 4.78 is 62.4. The van der Waals surface area contributed by atoms with E-state index in [-0.39, 0.29) is 35.9 Å². The van der Waals surface area contributed by atoms with Gasteiger partial charge in [0.05, 0.1) is 40.8 Å². The Hall–Kier alpha value is -5.59. The molecular weight excluding hydrogens is 877 g/mol. The van der Waals surface area contributed by atoms with Crippen molar-refractivity contribution < 1.29 is 36.7 Å². The SMILES string of the molecule is C/C(CN1CCN(c2ccc(C(=O)NS(=O)(=O)c3ccc(OCC4(F)CCN(C5COC5)CC4)c([N+](=O)[O-])c3)c(Oc3cnc4[nH]ccc4c3)c2)CC1)=C(\CC(C)C)c1ccc(Cl)cc1. The van der Waals surface area contributed by atoms with Crippen LogP contribution < -0.4 is 19.1 Å². The Morgan fingerprint density at radius 1 is 1.02 bits per heavy atom. The predicted octanol–water partition coefficient (Wildman–Crippen LogP) is 8.26. The molecule has 0 unspecified atom stereocenters. The minimum Gasteiger partial charge on any atom is -0.483 e. The number of alkyl halides is 1. The number of allylic oxidation sites excluding steroid dienone is 1. The number of ether oxygens (including phenoxy) is 3. The number of amides is 1. The Morgan fingerprint density at radius 3 is 2.43 bits per heavy atom. The fraction of sp³-hybridized carbons (Fsp3) is 0.404. The maximum atomic E-state index is 15.7. The zero-order chi connectivity index (χ0) is 45.9. The highest BCUT2D eigenvalue weighted by Crippen LogP contribution is 2.36. The van der Waals surface area contributed by atoms with Gasteiger partial charge >= 0.3 is 5.69 Å². The van der Waals surface area contributed by atoms with Gasteiger partial charge in [0.25, 0.3) is 15.9 Å². The highest BCUT2D eigenvalue weighted by atomic mass is 35.5. The van der Waals surface area contributed by atoms with Crippen molar-refractivity contribution in [2.24, 2.45) is 5.92 Å². The third-order valence-electron chi connectivity index (χ3n) is 12.3. The Morgan fingerprint density at radius 2 is 1.75 bits per heavy atom. The van der Waals surface area contributed by atoms with E-state index in [1.165, 1.54) is 29.0 Å². The summed E-state index contributed by atoms with van der Waals surface area (Å²) in [5.41, 5.74) is 2.71. The summed E-state index contributed by atoms with van der Waals surface area (Å²) in [6.45, 7) is 12.2. The van der Waals surface area contributed by atoms with Gasteiger partial charge in [-0.3, -0.25) is 24.7 Å². The number of hydrogen-bond donors (Lipinski definition) is 2. The molecule has 3 fully saturated rings. The number of piperazine rings is 1. The molecule has 0 bridgehead atoms. The van der Waals surface area contributed by atoms with Crippen LogP contribution in [-0.2, 0) is 14.8 Å². The summed E-state index contributed by atoms with van der Waals surface area (Å²) in [7, 11) is -4.68. The van der Waals surface area contributed by atoms with Crippen LogP contribution in [0, 0.1) is 16.0 Å². The molecule has 3 aromatic carbocycles. The van der Waals surface area contributed by atoms with Crippen LogP contribution in [0.5, 0.6) is 17.2 Å². The van der Waals surface area contributed by atoms with Crippen molar-refractivity contribution in [2.75, 3.05) is 70.5 Å². The van der Waals surface area contributed by atoms with Gasteiger partial charge in [0.2, 0.25) is 0 Å². The van der Waals surface area contributed by atoms with Crippen LogP contribution in [-0.4, -0.2) is 116 Å². The number of piperidine rings is 1. The van der Waals surface area contributed by atoms with Crippen molar-refractivity contribution in [3.63, 3.8) is 0 Å². The van der Waals surface area contributed by atoms with E-state index < -0.39 is 43.7 Å². The second kappa shape index (κ2) is 19.5. The summed E-state index contributed by atoms with van der Waals surface area (Å²) in [5, 5.41) is 13.6. The first kappa shape index (κ1) is 46.0. The Labute approximate surface area is 382 Å². The second-order valence-electron chi connectivity index (χ2n) is 17.5. The molecule has 3 aliphatic heterocycles. The topological polar surface area (TPSA) is 172 Å². The van der Waals surface area contributed by atoms with Crippen LogP contribution in [0.1, 0.15) is 56.0 Å². The number of halogens is 2. The number of carbonyl (C=O) groups excluding carboxylic acids is 1. The van der Waals surface area contributed by atoms with Gasteiger partial charge in [-0.2, -0.15) is 0 Å². The summed E-state index contributed by atoms with van der Waals surface area (Å²) in [6, 6.07) is 19.8. The van der Waals surface area contributed by atoms with Crippen molar-refractivity contribution in [1.82, 2.24) is 24.5 Å². The number of benzene rings is 3. The lowest BCUT2D eigenvalue weighted by Crippen LogP contribution is -2.55. The van der Waals surface area contributed by atoms with Crippen LogP contribution in [0.2, 0.25) is 5.02 Å². The van der Waals surface area contributed by atoms with Gasteiger partial charge < -0.3 is 24.1 Å². The van der Waals surface area contributed by atoms with Crippen LogP contribution in [0.3, 0.4) is 0 Å². The molecule has 5 aromatic rings. The minimum atomic E-state index is -4.68. The maximum Gasteiger partial charge on any atom is 0.312 e. The third kappa shape index (κ3) is 10.9. The van der Waals surface area contributed by atoms with Crippen molar-refractivity contribution in [3.05, 3.63) is 117 Å². The molecule has 0 spiro atoms. The number of likely N-dealkylation sites (tertiary alicyclic amines) is 1. The van der Waals surface area contributed by atoms with Crippen LogP contribution in [0.4, 0.5) is 15.8 Å². The van der Waals surface area contributed by atoms with Gasteiger partial charge in [-0.05, 0) is 91.8 Å². The van der Waals surface area contributed by atoms with E-state index in [1.807, 2.05) is 18.2 Å². The zero-order valence-corrected chi connectivity index (χ0v) is 38.2. The van der Waals surface area contributed by atoms with E-state index in [1.54, 1.807) is 24.4 Å². The molecule has 8 rings (SSSR count). The molecule has 65 heavy (non-hydrogen) atoms. The number of pyridine rings is 1. The number of H-pyrrole nitrogens is 1. The van der Waals surface area contributed by atoms with Gasteiger partial charge in [0.15, 0.2) is 5.75 Å². The number of aromatic nitrogens is 2. The number of nitrogens with zero attached hydrogens (tertiary/aromatic N) is 5. The average molecular weight is 930 g/mol.